The van der Waals surface area contributed by atoms with Gasteiger partial charge in [0.05, 0.1) is 12.0 Å². The van der Waals surface area contributed by atoms with Crippen LogP contribution in [0.1, 0.15) is 31.7 Å². The number of carboxylic acid groups (broad SMARTS) is 1. The van der Waals surface area contributed by atoms with Gasteiger partial charge in [0, 0.05) is 18.7 Å². The summed E-state index contributed by atoms with van der Waals surface area (Å²) in [5, 5.41) is 12.6. The van der Waals surface area contributed by atoms with E-state index in [2.05, 4.69) is 15.3 Å². The van der Waals surface area contributed by atoms with Crippen molar-refractivity contribution >= 4 is 5.97 Å². The second kappa shape index (κ2) is 3.90. The molecule has 2 heterocycles. The van der Waals surface area contributed by atoms with Crippen LogP contribution in [0, 0.1) is 5.92 Å². The van der Waals surface area contributed by atoms with Crippen molar-refractivity contribution in [1.82, 2.24) is 15.3 Å². The highest BCUT2D eigenvalue weighted by Crippen LogP contribution is 2.32. The monoisotopic (exact) mass is 223 g/mol. The summed E-state index contributed by atoms with van der Waals surface area (Å²) in [5.41, 5.74) is 0.587. The minimum Gasteiger partial charge on any atom is -0.480 e. The van der Waals surface area contributed by atoms with Crippen LogP contribution in [0.15, 0.2) is 6.33 Å². The molecular weight excluding hydrogens is 206 g/mol. The molecule has 1 aliphatic rings. The number of nitrogens with one attached hydrogen (secondary N) is 2. The van der Waals surface area contributed by atoms with Crippen LogP contribution < -0.4 is 5.32 Å². The molecule has 0 bridgehead atoms. The summed E-state index contributed by atoms with van der Waals surface area (Å²) in [7, 11) is 0. The minimum absolute atomic E-state index is 0.297. The summed E-state index contributed by atoms with van der Waals surface area (Å²) in [6.07, 6.45) is 2.94. The van der Waals surface area contributed by atoms with Gasteiger partial charge >= 0.3 is 5.97 Å². The Kier molecular flexibility index (Phi) is 2.71. The molecule has 1 aliphatic heterocycles. The fourth-order valence-corrected chi connectivity index (χ4v) is 2.41. The number of fused-ring (bicyclic) bond motifs is 1. The van der Waals surface area contributed by atoms with Crippen LogP contribution >= 0.6 is 0 Å². The fourth-order valence-electron chi connectivity index (χ4n) is 2.41. The largest absolute Gasteiger partial charge is 0.480 e. The Labute approximate surface area is 94.3 Å². The molecule has 0 spiro atoms. The van der Waals surface area contributed by atoms with Gasteiger partial charge in [-0.05, 0) is 12.3 Å². The first-order valence-electron chi connectivity index (χ1n) is 5.57. The lowest BCUT2D eigenvalue weighted by molar-refractivity contribution is -0.146. The smallest absolute Gasteiger partial charge is 0.330 e. The predicted molar refractivity (Wildman–Crippen MR) is 59.1 cm³/mol. The summed E-state index contributed by atoms with van der Waals surface area (Å²) in [4.78, 5) is 18.8. The number of aromatic nitrogens is 2. The second-order valence-electron chi connectivity index (χ2n) is 4.71. The topological polar surface area (TPSA) is 78.0 Å². The SMILES string of the molecule is CC(C)C[C@]1(C(=O)O)NCCc2[nH]cnc21. The first-order chi connectivity index (χ1) is 7.56. The van der Waals surface area contributed by atoms with Gasteiger partial charge in [-0.3, -0.25) is 5.32 Å². The molecule has 16 heavy (non-hydrogen) atoms. The van der Waals surface area contributed by atoms with E-state index in [0.29, 0.717) is 24.6 Å². The standard InChI is InChI=1S/C11H17N3O2/c1-7(2)5-11(10(15)16)9-8(3-4-14-11)12-6-13-9/h6-7,14H,3-5H2,1-2H3,(H,12,13)(H,15,16)/t11-/m0/s1. The van der Waals surface area contributed by atoms with E-state index < -0.39 is 11.5 Å². The number of aliphatic carboxylic acids is 1. The molecule has 5 nitrogen and oxygen atoms in total. The Morgan fingerprint density at radius 2 is 2.44 bits per heavy atom. The number of carboxylic acids is 1. The molecule has 0 unspecified atom stereocenters. The highest BCUT2D eigenvalue weighted by Gasteiger charge is 2.45. The Balaban J connectivity index is 2.45. The molecule has 0 amide bonds. The maximum Gasteiger partial charge on any atom is 0.330 e. The lowest BCUT2D eigenvalue weighted by atomic mass is 9.82. The Hall–Kier alpha value is -1.36. The van der Waals surface area contributed by atoms with Crippen LogP contribution in [0.2, 0.25) is 0 Å². The summed E-state index contributed by atoms with van der Waals surface area (Å²) < 4.78 is 0. The van der Waals surface area contributed by atoms with E-state index in [1.165, 1.54) is 0 Å². The second-order valence-corrected chi connectivity index (χ2v) is 4.71. The van der Waals surface area contributed by atoms with E-state index in [4.69, 9.17) is 0 Å². The van der Waals surface area contributed by atoms with E-state index in [-0.39, 0.29) is 0 Å². The van der Waals surface area contributed by atoms with Crippen molar-refractivity contribution in [2.75, 3.05) is 6.54 Å². The molecule has 0 saturated carbocycles. The van der Waals surface area contributed by atoms with E-state index in [9.17, 15) is 9.90 Å². The van der Waals surface area contributed by atoms with Crippen molar-refractivity contribution in [2.24, 2.45) is 5.92 Å². The summed E-state index contributed by atoms with van der Waals surface area (Å²) in [6, 6.07) is 0. The Morgan fingerprint density at radius 1 is 1.69 bits per heavy atom. The van der Waals surface area contributed by atoms with E-state index in [0.717, 1.165) is 12.1 Å². The molecule has 88 valence electrons. The van der Waals surface area contributed by atoms with Crippen LogP contribution in [0.3, 0.4) is 0 Å². The van der Waals surface area contributed by atoms with Gasteiger partial charge in [-0.15, -0.1) is 0 Å². The first kappa shape index (κ1) is 11.1. The van der Waals surface area contributed by atoms with E-state index >= 15 is 0 Å². The van der Waals surface area contributed by atoms with Crippen molar-refractivity contribution in [3.63, 3.8) is 0 Å². The highest BCUT2D eigenvalue weighted by atomic mass is 16.4. The normalized spacial score (nSPS) is 24.4. The molecule has 1 aromatic heterocycles. The lowest BCUT2D eigenvalue weighted by Crippen LogP contribution is -2.54. The summed E-state index contributed by atoms with van der Waals surface area (Å²) >= 11 is 0. The summed E-state index contributed by atoms with van der Waals surface area (Å²) in [5.74, 6) is -0.541. The zero-order valence-corrected chi connectivity index (χ0v) is 9.58. The molecule has 0 aliphatic carbocycles. The third kappa shape index (κ3) is 1.61. The summed E-state index contributed by atoms with van der Waals surface area (Å²) in [6.45, 7) is 4.72. The first-order valence-corrected chi connectivity index (χ1v) is 5.57. The number of H-pyrrole nitrogens is 1. The Bertz CT molecular complexity index is 400. The third-order valence-corrected chi connectivity index (χ3v) is 3.00. The van der Waals surface area contributed by atoms with Crippen LogP contribution in [0.5, 0.6) is 0 Å². The number of imidazole rings is 1. The number of rotatable bonds is 3. The lowest BCUT2D eigenvalue weighted by Gasteiger charge is -2.34. The third-order valence-electron chi connectivity index (χ3n) is 3.00. The maximum atomic E-state index is 11.6. The molecule has 0 saturated heterocycles. The van der Waals surface area contributed by atoms with Crippen molar-refractivity contribution in [1.29, 1.82) is 0 Å². The number of carbonyl (C=O) groups is 1. The fraction of sp³-hybridized carbons (Fsp3) is 0.636. The van der Waals surface area contributed by atoms with Crippen molar-refractivity contribution in [2.45, 2.75) is 32.2 Å². The number of nitrogens with zero attached hydrogens (tertiary/aromatic N) is 1. The minimum atomic E-state index is -1.01. The van der Waals surface area contributed by atoms with Crippen molar-refractivity contribution < 1.29 is 9.90 Å². The van der Waals surface area contributed by atoms with Gasteiger partial charge in [0.15, 0.2) is 5.54 Å². The van der Waals surface area contributed by atoms with Gasteiger partial charge in [-0.25, -0.2) is 9.78 Å². The average molecular weight is 223 g/mol. The maximum absolute atomic E-state index is 11.6. The van der Waals surface area contributed by atoms with Crippen molar-refractivity contribution in [3.8, 4) is 0 Å². The van der Waals surface area contributed by atoms with Gasteiger partial charge in [0.2, 0.25) is 0 Å². The zero-order chi connectivity index (χ0) is 11.8. The number of aromatic amines is 1. The van der Waals surface area contributed by atoms with Gasteiger partial charge in [0.25, 0.3) is 0 Å². The number of hydrogen-bond donors (Lipinski definition) is 3. The van der Waals surface area contributed by atoms with E-state index in [1.54, 1.807) is 6.33 Å². The van der Waals surface area contributed by atoms with Gasteiger partial charge in [0.1, 0.15) is 0 Å². The molecule has 0 fully saturated rings. The average Bonchev–Trinajstić information content (AvgIpc) is 2.65. The van der Waals surface area contributed by atoms with Gasteiger partial charge in [-0.1, -0.05) is 13.8 Å². The predicted octanol–water partition coefficient (Wildman–Crippen LogP) is 0.881. The molecule has 1 aromatic rings. The molecular formula is C11H17N3O2. The molecule has 5 heteroatoms. The highest BCUT2D eigenvalue weighted by molar-refractivity contribution is 5.81. The quantitative estimate of drug-likeness (QED) is 0.711. The van der Waals surface area contributed by atoms with Crippen LogP contribution in [0.4, 0.5) is 0 Å². The van der Waals surface area contributed by atoms with Crippen LogP contribution in [0.25, 0.3) is 0 Å². The van der Waals surface area contributed by atoms with Gasteiger partial charge < -0.3 is 10.1 Å². The molecule has 0 radical (unpaired) electrons. The van der Waals surface area contributed by atoms with Crippen molar-refractivity contribution in [3.05, 3.63) is 17.7 Å². The molecule has 1 atom stereocenters. The van der Waals surface area contributed by atoms with E-state index in [1.807, 2.05) is 13.8 Å². The van der Waals surface area contributed by atoms with Crippen LogP contribution in [-0.2, 0) is 16.8 Å². The zero-order valence-electron chi connectivity index (χ0n) is 9.58. The van der Waals surface area contributed by atoms with Crippen LogP contribution in [-0.4, -0.2) is 27.6 Å². The molecule has 2 rings (SSSR count). The van der Waals surface area contributed by atoms with Gasteiger partial charge in [-0.2, -0.15) is 0 Å². The Morgan fingerprint density at radius 3 is 3.06 bits per heavy atom. The molecule has 3 N–H and O–H groups in total. The molecule has 0 aromatic carbocycles. The number of hydrogen-bond acceptors (Lipinski definition) is 3.